The van der Waals surface area contributed by atoms with E-state index in [1.807, 2.05) is 20.0 Å². The van der Waals surface area contributed by atoms with Gasteiger partial charge >= 0.3 is 0 Å². The Morgan fingerprint density at radius 2 is 2.29 bits per heavy atom. The molecule has 0 saturated carbocycles. The first kappa shape index (κ1) is 11.4. The van der Waals surface area contributed by atoms with E-state index >= 15 is 0 Å². The van der Waals surface area contributed by atoms with Crippen molar-refractivity contribution in [1.82, 2.24) is 9.78 Å². The van der Waals surface area contributed by atoms with Crippen molar-refractivity contribution in [2.75, 3.05) is 5.32 Å². The second-order valence-electron chi connectivity index (χ2n) is 3.84. The SMILES string of the molecule is CCn1ccc(NC(=O)c2cc(C)oc2C)n1. The molecule has 2 aromatic rings. The number of carbonyl (C=O) groups is 1. The Kier molecular flexibility index (Phi) is 2.99. The highest BCUT2D eigenvalue weighted by atomic mass is 16.3. The van der Waals surface area contributed by atoms with Crippen LogP contribution in [0.15, 0.2) is 22.7 Å². The van der Waals surface area contributed by atoms with Crippen LogP contribution >= 0.6 is 0 Å². The molecule has 2 heterocycles. The van der Waals surface area contributed by atoms with E-state index in [0.29, 0.717) is 17.1 Å². The Labute approximate surface area is 99.4 Å². The van der Waals surface area contributed by atoms with Gasteiger partial charge in [0.05, 0.1) is 5.56 Å². The van der Waals surface area contributed by atoms with Crippen molar-refractivity contribution in [3.8, 4) is 0 Å². The van der Waals surface area contributed by atoms with Gasteiger partial charge in [-0.25, -0.2) is 0 Å². The Morgan fingerprint density at radius 3 is 2.82 bits per heavy atom. The van der Waals surface area contributed by atoms with Crippen LogP contribution in [0.2, 0.25) is 0 Å². The van der Waals surface area contributed by atoms with Crippen LogP contribution in [0.5, 0.6) is 0 Å². The van der Waals surface area contributed by atoms with E-state index in [9.17, 15) is 4.79 Å². The topological polar surface area (TPSA) is 60.1 Å². The van der Waals surface area contributed by atoms with Crippen molar-refractivity contribution in [3.05, 3.63) is 35.4 Å². The fourth-order valence-corrected chi connectivity index (χ4v) is 1.64. The van der Waals surface area contributed by atoms with Gasteiger partial charge in [-0.3, -0.25) is 9.48 Å². The summed E-state index contributed by atoms with van der Waals surface area (Å²) in [4.78, 5) is 11.9. The fraction of sp³-hybridized carbons (Fsp3) is 0.333. The minimum atomic E-state index is -0.194. The number of aromatic nitrogens is 2. The third kappa shape index (κ3) is 2.38. The van der Waals surface area contributed by atoms with Crippen LogP contribution in [0, 0.1) is 13.8 Å². The van der Waals surface area contributed by atoms with Crippen molar-refractivity contribution >= 4 is 11.7 Å². The van der Waals surface area contributed by atoms with Crippen LogP contribution in [0.25, 0.3) is 0 Å². The summed E-state index contributed by atoms with van der Waals surface area (Å²) in [6.45, 7) is 6.35. The molecule has 5 heteroatoms. The van der Waals surface area contributed by atoms with Crippen molar-refractivity contribution in [3.63, 3.8) is 0 Å². The maximum Gasteiger partial charge on any atom is 0.260 e. The molecule has 90 valence electrons. The molecule has 17 heavy (non-hydrogen) atoms. The lowest BCUT2D eigenvalue weighted by Gasteiger charge is -2.00. The largest absolute Gasteiger partial charge is 0.466 e. The van der Waals surface area contributed by atoms with Gasteiger partial charge in [0.2, 0.25) is 0 Å². The zero-order valence-corrected chi connectivity index (χ0v) is 10.2. The summed E-state index contributed by atoms with van der Waals surface area (Å²) in [7, 11) is 0. The minimum Gasteiger partial charge on any atom is -0.466 e. The number of nitrogens with zero attached hydrogens (tertiary/aromatic N) is 2. The average Bonchev–Trinajstić information content (AvgIpc) is 2.85. The molecule has 0 aliphatic heterocycles. The number of amides is 1. The smallest absolute Gasteiger partial charge is 0.260 e. The van der Waals surface area contributed by atoms with E-state index in [4.69, 9.17) is 4.42 Å². The quantitative estimate of drug-likeness (QED) is 0.885. The molecular weight excluding hydrogens is 218 g/mol. The highest BCUT2D eigenvalue weighted by molar-refractivity contribution is 6.04. The summed E-state index contributed by atoms with van der Waals surface area (Å²) in [5, 5.41) is 6.92. The molecule has 0 fully saturated rings. The number of anilines is 1. The first-order valence-corrected chi connectivity index (χ1v) is 5.52. The van der Waals surface area contributed by atoms with Gasteiger partial charge in [-0.2, -0.15) is 5.10 Å². The fourth-order valence-electron chi connectivity index (χ4n) is 1.64. The van der Waals surface area contributed by atoms with Gasteiger partial charge in [0, 0.05) is 18.8 Å². The summed E-state index contributed by atoms with van der Waals surface area (Å²) in [5.41, 5.74) is 0.550. The molecule has 0 spiro atoms. The standard InChI is InChI=1S/C12H15N3O2/c1-4-15-6-5-11(14-15)13-12(16)10-7-8(2)17-9(10)3/h5-7H,4H2,1-3H3,(H,13,14,16). The molecule has 0 aliphatic carbocycles. The highest BCUT2D eigenvalue weighted by Gasteiger charge is 2.14. The second kappa shape index (κ2) is 4.45. The molecule has 0 aliphatic rings. The molecule has 2 rings (SSSR count). The van der Waals surface area contributed by atoms with Crippen LogP contribution in [0.4, 0.5) is 5.82 Å². The molecule has 1 N–H and O–H groups in total. The van der Waals surface area contributed by atoms with E-state index in [2.05, 4.69) is 10.4 Å². The van der Waals surface area contributed by atoms with Gasteiger partial charge in [-0.1, -0.05) is 0 Å². The molecule has 2 aromatic heterocycles. The summed E-state index contributed by atoms with van der Waals surface area (Å²) in [6.07, 6.45) is 1.82. The van der Waals surface area contributed by atoms with Gasteiger partial charge in [0.15, 0.2) is 5.82 Å². The zero-order valence-electron chi connectivity index (χ0n) is 10.2. The molecule has 0 unspecified atom stereocenters. The van der Waals surface area contributed by atoms with Crippen LogP contribution in [0.3, 0.4) is 0 Å². The van der Waals surface area contributed by atoms with Crippen LogP contribution < -0.4 is 5.32 Å². The summed E-state index contributed by atoms with van der Waals surface area (Å²) < 4.78 is 7.07. The van der Waals surface area contributed by atoms with Crippen molar-refractivity contribution < 1.29 is 9.21 Å². The third-order valence-corrected chi connectivity index (χ3v) is 2.49. The molecule has 0 radical (unpaired) electrons. The predicted molar refractivity (Wildman–Crippen MR) is 64.0 cm³/mol. The Morgan fingerprint density at radius 1 is 1.53 bits per heavy atom. The van der Waals surface area contributed by atoms with Crippen molar-refractivity contribution in [1.29, 1.82) is 0 Å². The summed E-state index contributed by atoms with van der Waals surface area (Å²) in [6, 6.07) is 3.49. The number of hydrogen-bond donors (Lipinski definition) is 1. The van der Waals surface area contributed by atoms with Crippen molar-refractivity contribution in [2.24, 2.45) is 0 Å². The van der Waals surface area contributed by atoms with E-state index in [1.165, 1.54) is 0 Å². The van der Waals surface area contributed by atoms with Crippen LogP contribution in [-0.2, 0) is 6.54 Å². The lowest BCUT2D eigenvalue weighted by molar-refractivity contribution is 0.102. The van der Waals surface area contributed by atoms with Crippen LogP contribution in [-0.4, -0.2) is 15.7 Å². The number of rotatable bonds is 3. The van der Waals surface area contributed by atoms with Gasteiger partial charge in [0.25, 0.3) is 5.91 Å². The lowest BCUT2D eigenvalue weighted by atomic mass is 10.2. The number of furan rings is 1. The van der Waals surface area contributed by atoms with E-state index in [0.717, 1.165) is 12.3 Å². The highest BCUT2D eigenvalue weighted by Crippen LogP contribution is 2.15. The Balaban J connectivity index is 2.14. The number of carbonyl (C=O) groups excluding carboxylic acids is 1. The maximum atomic E-state index is 11.9. The Bertz CT molecular complexity index is 540. The van der Waals surface area contributed by atoms with Gasteiger partial charge < -0.3 is 9.73 Å². The maximum absolute atomic E-state index is 11.9. The van der Waals surface area contributed by atoms with Gasteiger partial charge in [0.1, 0.15) is 11.5 Å². The van der Waals surface area contributed by atoms with Gasteiger partial charge in [-0.15, -0.1) is 0 Å². The monoisotopic (exact) mass is 233 g/mol. The first-order chi connectivity index (χ1) is 8.10. The molecule has 0 saturated heterocycles. The average molecular weight is 233 g/mol. The number of hydrogen-bond acceptors (Lipinski definition) is 3. The zero-order chi connectivity index (χ0) is 12.4. The number of nitrogens with one attached hydrogen (secondary N) is 1. The Hall–Kier alpha value is -2.04. The van der Waals surface area contributed by atoms with Gasteiger partial charge in [-0.05, 0) is 26.8 Å². The third-order valence-electron chi connectivity index (χ3n) is 2.49. The molecular formula is C12H15N3O2. The van der Waals surface area contributed by atoms with E-state index < -0.39 is 0 Å². The van der Waals surface area contributed by atoms with Crippen LogP contribution in [0.1, 0.15) is 28.8 Å². The minimum absolute atomic E-state index is 0.194. The molecule has 0 bridgehead atoms. The predicted octanol–water partition coefficient (Wildman–Crippen LogP) is 2.37. The van der Waals surface area contributed by atoms with E-state index in [-0.39, 0.29) is 5.91 Å². The van der Waals surface area contributed by atoms with E-state index in [1.54, 1.807) is 23.7 Å². The van der Waals surface area contributed by atoms with Crippen molar-refractivity contribution in [2.45, 2.75) is 27.3 Å². The molecule has 0 aromatic carbocycles. The summed E-state index contributed by atoms with van der Waals surface area (Å²) in [5.74, 6) is 1.71. The number of aryl methyl sites for hydroxylation is 3. The lowest BCUT2D eigenvalue weighted by Crippen LogP contribution is -2.12. The summed E-state index contributed by atoms with van der Waals surface area (Å²) >= 11 is 0. The molecule has 1 amide bonds. The second-order valence-corrected chi connectivity index (χ2v) is 3.84. The normalized spacial score (nSPS) is 10.5. The molecule has 5 nitrogen and oxygen atoms in total. The first-order valence-electron chi connectivity index (χ1n) is 5.52. The molecule has 0 atom stereocenters.